The zero-order chi connectivity index (χ0) is 23.4. The minimum Gasteiger partial charge on any atom is -0.337 e. The van der Waals surface area contributed by atoms with E-state index in [4.69, 9.17) is 0 Å². The van der Waals surface area contributed by atoms with Crippen molar-refractivity contribution >= 4 is 23.3 Å². The molecule has 0 saturated carbocycles. The quantitative estimate of drug-likeness (QED) is 0.425. The first-order chi connectivity index (χ1) is 15.9. The zero-order valence-electron chi connectivity index (χ0n) is 19.2. The van der Waals surface area contributed by atoms with E-state index in [9.17, 15) is 9.59 Å². The monoisotopic (exact) mass is 440 g/mol. The van der Waals surface area contributed by atoms with Crippen LogP contribution < -0.4 is 4.90 Å². The number of carbonyl (C=O) groups excluding carboxylic acids is 2. The lowest BCUT2D eigenvalue weighted by Crippen LogP contribution is -2.29. The van der Waals surface area contributed by atoms with Crippen molar-refractivity contribution in [2.24, 2.45) is 0 Å². The second-order valence-electron chi connectivity index (χ2n) is 8.25. The molecule has 0 aliphatic rings. The highest BCUT2D eigenvalue weighted by molar-refractivity contribution is 5.95. The number of nitrogens with zero attached hydrogens (tertiary/aromatic N) is 4. The number of aromatic nitrogens is 2. The van der Waals surface area contributed by atoms with Crippen molar-refractivity contribution in [1.82, 2.24) is 14.3 Å². The van der Waals surface area contributed by atoms with E-state index in [0.717, 1.165) is 16.8 Å². The summed E-state index contributed by atoms with van der Waals surface area (Å²) in [6, 6.07) is 23.5. The molecule has 2 amide bonds. The summed E-state index contributed by atoms with van der Waals surface area (Å²) in [4.78, 5) is 34.0. The van der Waals surface area contributed by atoms with Gasteiger partial charge < -0.3 is 4.90 Å². The van der Waals surface area contributed by atoms with Gasteiger partial charge in [-0.05, 0) is 36.6 Å². The Morgan fingerprint density at radius 2 is 1.52 bits per heavy atom. The number of carbonyl (C=O) groups is 2. The molecule has 2 aromatic carbocycles. The topological polar surface area (TPSA) is 57.9 Å². The number of imidazole rings is 1. The molecule has 0 fully saturated rings. The lowest BCUT2D eigenvalue weighted by Gasteiger charge is -2.19. The van der Waals surface area contributed by atoms with Gasteiger partial charge in [-0.15, -0.1) is 0 Å². The smallest absolute Gasteiger partial charge is 0.255 e. The molecule has 0 N–H and O–H groups in total. The highest BCUT2D eigenvalue weighted by Gasteiger charge is 2.20. The molecule has 4 rings (SSSR count). The third kappa shape index (κ3) is 4.95. The number of amides is 2. The Morgan fingerprint density at radius 3 is 2.18 bits per heavy atom. The maximum Gasteiger partial charge on any atom is 0.255 e. The predicted octanol–water partition coefficient (Wildman–Crippen LogP) is 4.51. The van der Waals surface area contributed by atoms with Crippen molar-refractivity contribution in [3.63, 3.8) is 0 Å². The fraction of sp³-hybridized carbons (Fsp3) is 0.222. The Balaban J connectivity index is 1.55. The van der Waals surface area contributed by atoms with E-state index in [1.807, 2.05) is 78.1 Å². The summed E-state index contributed by atoms with van der Waals surface area (Å²) >= 11 is 0. The summed E-state index contributed by atoms with van der Waals surface area (Å²) in [7, 11) is 3.55. The summed E-state index contributed by atoms with van der Waals surface area (Å²) < 4.78 is 1.83. The number of hydrogen-bond donors (Lipinski definition) is 0. The summed E-state index contributed by atoms with van der Waals surface area (Å²) in [6.45, 7) is 2.40. The minimum absolute atomic E-state index is 0.00155. The van der Waals surface area contributed by atoms with Gasteiger partial charge in [0.1, 0.15) is 11.5 Å². The molecule has 2 heterocycles. The fourth-order valence-corrected chi connectivity index (χ4v) is 4.01. The van der Waals surface area contributed by atoms with Crippen molar-refractivity contribution in [2.75, 3.05) is 19.0 Å². The molecule has 6 nitrogen and oxygen atoms in total. The van der Waals surface area contributed by atoms with Crippen LogP contribution in [0.1, 0.15) is 33.6 Å². The van der Waals surface area contributed by atoms with E-state index in [-0.39, 0.29) is 11.8 Å². The number of aryl methyl sites for hydroxylation is 2. The number of rotatable bonds is 7. The second kappa shape index (κ2) is 9.69. The van der Waals surface area contributed by atoms with Gasteiger partial charge in [0.2, 0.25) is 5.91 Å². The molecule has 0 bridgehead atoms. The molecule has 2 aromatic heterocycles. The van der Waals surface area contributed by atoms with Crippen LogP contribution in [0, 0.1) is 6.92 Å². The van der Waals surface area contributed by atoms with E-state index in [2.05, 4.69) is 4.98 Å². The van der Waals surface area contributed by atoms with E-state index >= 15 is 0 Å². The average Bonchev–Trinajstić information content (AvgIpc) is 3.17. The number of benzene rings is 2. The van der Waals surface area contributed by atoms with Crippen LogP contribution in [0.15, 0.2) is 79.0 Å². The van der Waals surface area contributed by atoms with Crippen LogP contribution in [0.3, 0.4) is 0 Å². The molecule has 0 aliphatic heterocycles. The Kier molecular flexibility index (Phi) is 6.54. The highest BCUT2D eigenvalue weighted by Crippen LogP contribution is 2.23. The summed E-state index contributed by atoms with van der Waals surface area (Å²) in [5.74, 6) is 0.598. The van der Waals surface area contributed by atoms with Crippen LogP contribution >= 0.6 is 0 Å². The Morgan fingerprint density at radius 1 is 0.879 bits per heavy atom. The fourth-order valence-electron chi connectivity index (χ4n) is 4.01. The Hall–Kier alpha value is -3.93. The van der Waals surface area contributed by atoms with Crippen molar-refractivity contribution in [3.05, 3.63) is 101 Å². The predicted molar refractivity (Wildman–Crippen MR) is 130 cm³/mol. The molecule has 4 aromatic rings. The molecule has 0 aliphatic carbocycles. The lowest BCUT2D eigenvalue weighted by atomic mass is 10.1. The van der Waals surface area contributed by atoms with Gasteiger partial charge in [0.15, 0.2) is 0 Å². The Labute approximate surface area is 194 Å². The molecule has 0 spiro atoms. The molecule has 168 valence electrons. The van der Waals surface area contributed by atoms with Gasteiger partial charge in [0.05, 0.1) is 11.3 Å². The van der Waals surface area contributed by atoms with Crippen LogP contribution in [-0.4, -0.2) is 40.2 Å². The SMILES string of the molecule is Cc1nc2ccc(C(=O)N(C)Cc3ccccc3)cn2c1N(C)C(=O)CCc1ccccc1. The van der Waals surface area contributed by atoms with Crippen molar-refractivity contribution in [1.29, 1.82) is 0 Å². The maximum absolute atomic E-state index is 13.1. The molecule has 0 unspecified atom stereocenters. The molecule has 33 heavy (non-hydrogen) atoms. The summed E-state index contributed by atoms with van der Waals surface area (Å²) in [6.07, 6.45) is 2.84. The first kappa shape index (κ1) is 22.3. The zero-order valence-corrected chi connectivity index (χ0v) is 19.2. The minimum atomic E-state index is -0.0869. The largest absolute Gasteiger partial charge is 0.337 e. The third-order valence-corrected chi connectivity index (χ3v) is 5.78. The van der Waals surface area contributed by atoms with Crippen molar-refractivity contribution < 1.29 is 9.59 Å². The standard InChI is InChI=1S/C27H28N4O2/c1-20-26(30(3)25(32)17-14-21-10-6-4-7-11-21)31-19-23(15-16-24(31)28-20)27(33)29(2)18-22-12-8-5-9-13-22/h4-13,15-16,19H,14,17-18H2,1-3H3. The first-order valence-corrected chi connectivity index (χ1v) is 11.0. The summed E-state index contributed by atoms with van der Waals surface area (Å²) in [5, 5.41) is 0. The average molecular weight is 441 g/mol. The van der Waals surface area contributed by atoms with Crippen LogP contribution in [0.25, 0.3) is 5.65 Å². The van der Waals surface area contributed by atoms with E-state index in [0.29, 0.717) is 36.4 Å². The van der Waals surface area contributed by atoms with Crippen molar-refractivity contribution in [2.45, 2.75) is 26.3 Å². The molecule has 0 atom stereocenters. The number of hydrogen-bond acceptors (Lipinski definition) is 3. The maximum atomic E-state index is 13.1. The van der Waals surface area contributed by atoms with Gasteiger partial charge in [0.25, 0.3) is 5.91 Å². The Bertz CT molecular complexity index is 1270. The van der Waals surface area contributed by atoms with Gasteiger partial charge in [0, 0.05) is 33.3 Å². The molecule has 0 radical (unpaired) electrons. The lowest BCUT2D eigenvalue weighted by molar-refractivity contribution is -0.118. The second-order valence-corrected chi connectivity index (χ2v) is 8.25. The van der Waals surface area contributed by atoms with Gasteiger partial charge in [-0.1, -0.05) is 60.7 Å². The molecular weight excluding hydrogens is 412 g/mol. The number of fused-ring (bicyclic) bond motifs is 1. The summed E-state index contributed by atoms with van der Waals surface area (Å²) in [5.41, 5.74) is 4.19. The third-order valence-electron chi connectivity index (χ3n) is 5.78. The normalized spacial score (nSPS) is 10.9. The van der Waals surface area contributed by atoms with Crippen LogP contribution in [0.4, 0.5) is 5.82 Å². The van der Waals surface area contributed by atoms with Gasteiger partial charge >= 0.3 is 0 Å². The highest BCUT2D eigenvalue weighted by atomic mass is 16.2. The van der Waals surface area contributed by atoms with E-state index in [1.54, 1.807) is 36.2 Å². The molecule has 0 saturated heterocycles. The molecule has 6 heteroatoms. The van der Waals surface area contributed by atoms with Crippen LogP contribution in [0.5, 0.6) is 0 Å². The first-order valence-electron chi connectivity index (χ1n) is 11.0. The van der Waals surface area contributed by atoms with Gasteiger partial charge in [-0.25, -0.2) is 4.98 Å². The van der Waals surface area contributed by atoms with E-state index in [1.165, 1.54) is 0 Å². The van der Waals surface area contributed by atoms with Gasteiger partial charge in [-0.2, -0.15) is 0 Å². The number of pyridine rings is 1. The van der Waals surface area contributed by atoms with Gasteiger partial charge in [-0.3, -0.25) is 18.9 Å². The van der Waals surface area contributed by atoms with Crippen molar-refractivity contribution in [3.8, 4) is 0 Å². The van der Waals surface area contributed by atoms with Crippen LogP contribution in [-0.2, 0) is 17.8 Å². The van der Waals surface area contributed by atoms with E-state index < -0.39 is 0 Å². The van der Waals surface area contributed by atoms with Crippen LogP contribution in [0.2, 0.25) is 0 Å². The molecular formula is C27H28N4O2. The number of anilines is 1.